The van der Waals surface area contributed by atoms with Crippen LogP contribution in [0.3, 0.4) is 0 Å². The summed E-state index contributed by atoms with van der Waals surface area (Å²) in [5, 5.41) is 0. The van der Waals surface area contributed by atoms with E-state index in [0.717, 1.165) is 12.8 Å². The standard InChI is InChI=1S/2C9H13.C2H7Ge.2ClH.Zr/c2*1-9(2,3)8-6-4-5-7-8;1-3-2;;;/h2*4,6H,5H2,1-3H3;3H,1-2H3;2*1H;/q2*-1;;;;+2. The van der Waals surface area contributed by atoms with Crippen LogP contribution in [-0.4, -0.2) is 15.4 Å². The van der Waals surface area contributed by atoms with Gasteiger partial charge in [0.05, 0.1) is 0 Å². The third-order valence-electron chi connectivity index (χ3n) is 3.01. The molecule has 0 fully saturated rings. The second-order valence-corrected chi connectivity index (χ2v) is 9.89. The number of allylic oxidation sites excluding steroid dienone is 8. The van der Waals surface area contributed by atoms with Crippen LogP contribution in [0, 0.1) is 23.0 Å². The molecule has 0 amide bonds. The summed E-state index contributed by atoms with van der Waals surface area (Å²) in [4.78, 5) is 0. The Bertz CT molecular complexity index is 382. The largest absolute Gasteiger partial charge is 2.00 e. The predicted molar refractivity (Wildman–Crippen MR) is 113 cm³/mol. The summed E-state index contributed by atoms with van der Waals surface area (Å²) in [5.74, 6) is 4.56. The fourth-order valence-corrected chi connectivity index (χ4v) is 1.84. The quantitative estimate of drug-likeness (QED) is 0.248. The van der Waals surface area contributed by atoms with E-state index in [9.17, 15) is 0 Å². The van der Waals surface area contributed by atoms with E-state index in [0.29, 0.717) is 26.3 Å². The second kappa shape index (κ2) is 16.2. The van der Waals surface area contributed by atoms with E-state index < -0.39 is 0 Å². The average Bonchev–Trinajstić information content (AvgIpc) is 3.03. The Kier molecular flexibility index (Phi) is 22.0. The van der Waals surface area contributed by atoms with Gasteiger partial charge < -0.3 is 0 Å². The normalized spacial score (nSPS) is 14.5. The molecule has 0 atom stereocenters. The van der Waals surface area contributed by atoms with Crippen molar-refractivity contribution < 1.29 is 26.2 Å². The number of halogens is 2. The minimum atomic E-state index is 0. The van der Waals surface area contributed by atoms with Crippen molar-refractivity contribution in [2.75, 3.05) is 0 Å². The molecule has 2 rings (SSSR count). The molecule has 0 unspecified atom stereocenters. The first-order valence-electron chi connectivity index (χ1n) is 7.92. The monoisotopic (exact) mass is 509 g/mol. The number of hydrogen-bond acceptors (Lipinski definition) is 0. The third-order valence-corrected chi connectivity index (χ3v) is 3.01. The van der Waals surface area contributed by atoms with Gasteiger partial charge in [-0.05, 0) is 10.8 Å². The summed E-state index contributed by atoms with van der Waals surface area (Å²) in [6.45, 7) is 13.3. The van der Waals surface area contributed by atoms with E-state index in [1.165, 1.54) is 11.1 Å². The van der Waals surface area contributed by atoms with Gasteiger partial charge in [0.25, 0.3) is 0 Å². The summed E-state index contributed by atoms with van der Waals surface area (Å²) in [5.41, 5.74) is 3.30. The van der Waals surface area contributed by atoms with Gasteiger partial charge >= 0.3 is 53.1 Å². The molecule has 0 spiro atoms. The Morgan fingerprint density at radius 3 is 1.08 bits per heavy atom. The van der Waals surface area contributed by atoms with Gasteiger partial charge in [0.15, 0.2) is 0 Å². The van der Waals surface area contributed by atoms with E-state index in [4.69, 9.17) is 0 Å². The van der Waals surface area contributed by atoms with Crippen molar-refractivity contribution in [1.82, 2.24) is 0 Å². The topological polar surface area (TPSA) is 0 Å². The van der Waals surface area contributed by atoms with E-state index in [1.807, 2.05) is 0 Å². The maximum atomic E-state index is 3.30. The van der Waals surface area contributed by atoms with Crippen molar-refractivity contribution in [1.29, 1.82) is 0 Å². The molecule has 0 heterocycles. The first kappa shape index (κ1) is 32.6. The molecule has 137 valence electrons. The first-order chi connectivity index (χ1) is 9.62. The summed E-state index contributed by atoms with van der Waals surface area (Å²) in [7, 11) is 0. The van der Waals surface area contributed by atoms with Crippen LogP contribution >= 0.6 is 24.8 Å². The molecule has 0 N–H and O–H groups in total. The molecule has 0 aliphatic heterocycles. The van der Waals surface area contributed by atoms with Crippen LogP contribution in [0.2, 0.25) is 11.5 Å². The maximum Gasteiger partial charge on any atom is 2.00 e. The molecule has 0 nitrogen and oxygen atoms in total. The zero-order valence-electron chi connectivity index (χ0n) is 16.6. The molecular formula is C20H35Cl2GeZr. The molecule has 0 aromatic carbocycles. The average molecular weight is 510 g/mol. The van der Waals surface area contributed by atoms with Crippen LogP contribution in [0.15, 0.2) is 35.5 Å². The zero-order valence-corrected chi connectivity index (χ0v) is 23.1. The molecule has 0 saturated heterocycles. The molecule has 24 heavy (non-hydrogen) atoms. The Hall–Kier alpha value is 0.966. The van der Waals surface area contributed by atoms with Crippen LogP contribution in [-0.2, 0) is 26.2 Å². The fourth-order valence-electron chi connectivity index (χ4n) is 1.84. The Balaban J connectivity index is -0.000000130. The second-order valence-electron chi connectivity index (χ2n) is 7.47. The summed E-state index contributed by atoms with van der Waals surface area (Å²) in [6.07, 6.45) is 17.3. The van der Waals surface area contributed by atoms with E-state index in [1.54, 1.807) is 0 Å². The Morgan fingerprint density at radius 1 is 0.750 bits per heavy atom. The predicted octanol–water partition coefficient (Wildman–Crippen LogP) is 6.80. The Morgan fingerprint density at radius 2 is 1.00 bits per heavy atom. The molecule has 0 aromatic heterocycles. The van der Waals surface area contributed by atoms with Gasteiger partial charge in [-0.25, -0.2) is 23.3 Å². The fraction of sp³-hybridized carbons (Fsp3) is 0.600. The zero-order chi connectivity index (χ0) is 16.5. The summed E-state index contributed by atoms with van der Waals surface area (Å²) < 4.78 is 0. The smallest absolute Gasteiger partial charge is 2.00 e. The SMILES string of the molecule is CC(C)(C)C1=[C-]CC=C1.CC(C)(C)C1=[C-]CC=C1.Cl.Cl.[CH3][GeH][CH3].[Zr+2]. The summed E-state index contributed by atoms with van der Waals surface area (Å²) >= 11 is 0.312. The van der Waals surface area contributed by atoms with Crippen LogP contribution in [0.1, 0.15) is 54.4 Å². The van der Waals surface area contributed by atoms with Crippen molar-refractivity contribution in [3.63, 3.8) is 0 Å². The first-order valence-corrected chi connectivity index (χ1v) is 12.8. The van der Waals surface area contributed by atoms with Gasteiger partial charge in [0.2, 0.25) is 0 Å². The molecule has 0 saturated carbocycles. The van der Waals surface area contributed by atoms with Crippen molar-refractivity contribution in [3.05, 3.63) is 47.6 Å². The molecule has 4 heteroatoms. The van der Waals surface area contributed by atoms with Crippen molar-refractivity contribution in [2.24, 2.45) is 10.8 Å². The molecule has 2 aliphatic carbocycles. The van der Waals surface area contributed by atoms with Gasteiger partial charge in [-0.2, -0.15) is 12.2 Å². The number of hydrogen-bond donors (Lipinski definition) is 0. The van der Waals surface area contributed by atoms with Crippen LogP contribution in [0.5, 0.6) is 0 Å². The molecule has 0 aromatic rings. The van der Waals surface area contributed by atoms with Gasteiger partial charge in [-0.3, -0.25) is 12.2 Å². The minimum Gasteiger partial charge on any atom is 2.00 e. The van der Waals surface area contributed by atoms with Gasteiger partial charge in [0.1, 0.15) is 0 Å². The minimum absolute atomic E-state index is 0. The van der Waals surface area contributed by atoms with Crippen LogP contribution in [0.4, 0.5) is 0 Å². The third kappa shape index (κ3) is 15.2. The molecule has 1 radical (unpaired) electrons. The molecule has 0 bridgehead atoms. The van der Waals surface area contributed by atoms with Gasteiger partial charge in [-0.1, -0.05) is 41.5 Å². The van der Waals surface area contributed by atoms with Crippen LogP contribution < -0.4 is 0 Å². The summed E-state index contributed by atoms with van der Waals surface area (Å²) in [6, 6.07) is 0. The van der Waals surface area contributed by atoms with Crippen molar-refractivity contribution in [2.45, 2.75) is 65.9 Å². The van der Waals surface area contributed by atoms with Gasteiger partial charge in [-0.15, -0.1) is 37.7 Å². The van der Waals surface area contributed by atoms with Gasteiger partial charge in [0, 0.05) is 0 Å². The number of rotatable bonds is 0. The van der Waals surface area contributed by atoms with Crippen molar-refractivity contribution >= 4 is 40.2 Å². The van der Waals surface area contributed by atoms with E-state index >= 15 is 0 Å². The van der Waals surface area contributed by atoms with E-state index in [2.05, 4.69) is 89.5 Å². The Labute approximate surface area is 189 Å². The maximum absolute atomic E-state index is 3.30. The molecule has 2 aliphatic rings. The van der Waals surface area contributed by atoms with Crippen LogP contribution in [0.25, 0.3) is 0 Å². The van der Waals surface area contributed by atoms with Crippen molar-refractivity contribution in [3.8, 4) is 0 Å². The van der Waals surface area contributed by atoms with E-state index in [-0.39, 0.29) is 51.0 Å². The molecular weight excluding hydrogens is 475 g/mol.